The van der Waals surface area contributed by atoms with Gasteiger partial charge in [0.15, 0.2) is 0 Å². The molecule has 0 unspecified atom stereocenters. The summed E-state index contributed by atoms with van der Waals surface area (Å²) in [7, 11) is 0. The molecule has 14 heavy (non-hydrogen) atoms. The Bertz CT molecular complexity index is 262. The van der Waals surface area contributed by atoms with Gasteiger partial charge in [-0.15, -0.1) is 10.2 Å². The van der Waals surface area contributed by atoms with E-state index in [1.54, 1.807) is 11.3 Å². The van der Waals surface area contributed by atoms with Gasteiger partial charge in [0.2, 0.25) is 5.13 Å². The van der Waals surface area contributed by atoms with Gasteiger partial charge in [-0.25, -0.2) is 0 Å². The van der Waals surface area contributed by atoms with Crippen LogP contribution in [0.3, 0.4) is 0 Å². The molecule has 0 bridgehead atoms. The van der Waals surface area contributed by atoms with Gasteiger partial charge in [0.25, 0.3) is 0 Å². The second-order valence-electron chi connectivity index (χ2n) is 3.29. The summed E-state index contributed by atoms with van der Waals surface area (Å²) in [5, 5.41) is 13.0. The van der Waals surface area contributed by atoms with Crippen LogP contribution in [0, 0.1) is 0 Å². The van der Waals surface area contributed by atoms with Crippen molar-refractivity contribution in [1.82, 2.24) is 10.2 Å². The highest BCUT2D eigenvalue weighted by Crippen LogP contribution is 2.16. The molecule has 0 spiro atoms. The van der Waals surface area contributed by atoms with Gasteiger partial charge in [-0.1, -0.05) is 18.3 Å². The van der Waals surface area contributed by atoms with Gasteiger partial charge < -0.3 is 10.1 Å². The van der Waals surface area contributed by atoms with E-state index in [9.17, 15) is 0 Å². The maximum Gasteiger partial charge on any atom is 0.205 e. The lowest BCUT2D eigenvalue weighted by Gasteiger charge is -2.03. The molecular formula is C9H17N3OS. The summed E-state index contributed by atoms with van der Waals surface area (Å²) in [4.78, 5) is 0. The van der Waals surface area contributed by atoms with E-state index in [1.165, 1.54) is 0 Å². The number of hydrogen-bond acceptors (Lipinski definition) is 5. The van der Waals surface area contributed by atoms with Crippen molar-refractivity contribution in [2.75, 3.05) is 11.9 Å². The maximum atomic E-state index is 5.43. The second-order valence-corrected chi connectivity index (χ2v) is 4.35. The van der Waals surface area contributed by atoms with Crippen LogP contribution in [0.4, 0.5) is 5.13 Å². The number of hydrogen-bond donors (Lipinski definition) is 1. The molecule has 0 aromatic carbocycles. The van der Waals surface area contributed by atoms with Crippen molar-refractivity contribution in [3.05, 3.63) is 5.01 Å². The van der Waals surface area contributed by atoms with Gasteiger partial charge >= 0.3 is 0 Å². The van der Waals surface area contributed by atoms with Crippen molar-refractivity contribution < 1.29 is 4.74 Å². The standard InChI is InChI=1S/C9H17N3OS/c1-4-5-10-9-12-11-8(14-9)6-13-7(2)3/h7H,4-6H2,1-3H3,(H,10,12). The molecule has 4 nitrogen and oxygen atoms in total. The lowest BCUT2D eigenvalue weighted by atomic mass is 10.5. The Balaban J connectivity index is 2.35. The SMILES string of the molecule is CCCNc1nnc(COC(C)C)s1. The van der Waals surface area contributed by atoms with E-state index in [0.29, 0.717) is 6.61 Å². The topological polar surface area (TPSA) is 47.0 Å². The number of rotatable bonds is 6. The summed E-state index contributed by atoms with van der Waals surface area (Å²) in [6.07, 6.45) is 1.34. The first-order valence-electron chi connectivity index (χ1n) is 4.90. The zero-order valence-corrected chi connectivity index (χ0v) is 9.73. The molecule has 1 heterocycles. The predicted octanol–water partition coefficient (Wildman–Crippen LogP) is 2.29. The fourth-order valence-corrected chi connectivity index (χ4v) is 1.54. The second kappa shape index (κ2) is 5.93. The minimum atomic E-state index is 0.242. The Hall–Kier alpha value is -0.680. The number of nitrogens with one attached hydrogen (secondary N) is 1. The van der Waals surface area contributed by atoms with E-state index in [2.05, 4.69) is 22.4 Å². The zero-order chi connectivity index (χ0) is 10.4. The highest BCUT2D eigenvalue weighted by molar-refractivity contribution is 7.15. The first-order valence-corrected chi connectivity index (χ1v) is 5.72. The van der Waals surface area contributed by atoms with E-state index in [0.717, 1.165) is 23.1 Å². The highest BCUT2D eigenvalue weighted by Gasteiger charge is 2.03. The quantitative estimate of drug-likeness (QED) is 0.791. The van der Waals surface area contributed by atoms with Gasteiger partial charge in [-0.05, 0) is 20.3 Å². The van der Waals surface area contributed by atoms with E-state index in [4.69, 9.17) is 4.74 Å². The van der Waals surface area contributed by atoms with Crippen LogP contribution in [0.2, 0.25) is 0 Å². The molecule has 0 radical (unpaired) electrons. The van der Waals surface area contributed by atoms with Crippen LogP contribution >= 0.6 is 11.3 Å². The Labute approximate surface area is 88.7 Å². The Morgan fingerprint density at radius 1 is 1.43 bits per heavy atom. The van der Waals surface area contributed by atoms with Gasteiger partial charge in [-0.2, -0.15) is 0 Å². The zero-order valence-electron chi connectivity index (χ0n) is 8.91. The van der Waals surface area contributed by atoms with Crippen LogP contribution in [0.5, 0.6) is 0 Å². The van der Waals surface area contributed by atoms with Crippen molar-refractivity contribution >= 4 is 16.5 Å². The van der Waals surface area contributed by atoms with Crippen LogP contribution in [-0.4, -0.2) is 22.8 Å². The summed E-state index contributed by atoms with van der Waals surface area (Å²) in [6, 6.07) is 0. The maximum absolute atomic E-state index is 5.43. The molecule has 0 saturated carbocycles. The summed E-state index contributed by atoms with van der Waals surface area (Å²) in [6.45, 7) is 7.65. The molecule has 0 aliphatic heterocycles. The minimum Gasteiger partial charge on any atom is -0.372 e. The lowest BCUT2D eigenvalue weighted by Crippen LogP contribution is -2.01. The summed E-state index contributed by atoms with van der Waals surface area (Å²) < 4.78 is 5.43. The average molecular weight is 215 g/mol. The molecule has 80 valence electrons. The molecule has 5 heteroatoms. The van der Waals surface area contributed by atoms with Gasteiger partial charge in [0, 0.05) is 6.54 Å². The summed E-state index contributed by atoms with van der Waals surface area (Å²) >= 11 is 1.56. The predicted molar refractivity (Wildman–Crippen MR) is 58.6 cm³/mol. The molecule has 1 N–H and O–H groups in total. The van der Waals surface area contributed by atoms with E-state index in [1.807, 2.05) is 13.8 Å². The number of anilines is 1. The van der Waals surface area contributed by atoms with Gasteiger partial charge in [-0.3, -0.25) is 0 Å². The number of nitrogens with zero attached hydrogens (tertiary/aromatic N) is 2. The van der Waals surface area contributed by atoms with E-state index in [-0.39, 0.29) is 6.10 Å². The van der Waals surface area contributed by atoms with E-state index >= 15 is 0 Å². The third-order valence-corrected chi connectivity index (χ3v) is 2.39. The summed E-state index contributed by atoms with van der Waals surface area (Å²) in [5.41, 5.74) is 0. The van der Waals surface area contributed by atoms with Crippen molar-refractivity contribution in [2.24, 2.45) is 0 Å². The van der Waals surface area contributed by atoms with Crippen molar-refractivity contribution in [3.8, 4) is 0 Å². The third kappa shape index (κ3) is 4.02. The van der Waals surface area contributed by atoms with E-state index < -0.39 is 0 Å². The monoisotopic (exact) mass is 215 g/mol. The van der Waals surface area contributed by atoms with Crippen LogP contribution in [-0.2, 0) is 11.3 Å². The third-order valence-electron chi connectivity index (χ3n) is 1.53. The van der Waals surface area contributed by atoms with Crippen LogP contribution < -0.4 is 5.32 Å². The summed E-state index contributed by atoms with van der Waals surface area (Å²) in [5.74, 6) is 0. The Morgan fingerprint density at radius 2 is 2.21 bits per heavy atom. The fraction of sp³-hybridized carbons (Fsp3) is 0.778. The first kappa shape index (κ1) is 11.4. The van der Waals surface area contributed by atoms with Gasteiger partial charge in [0.05, 0.1) is 6.10 Å². The molecule has 0 saturated heterocycles. The molecular weight excluding hydrogens is 198 g/mol. The van der Waals surface area contributed by atoms with Crippen molar-refractivity contribution in [3.63, 3.8) is 0 Å². The Kier molecular flexibility index (Phi) is 4.82. The van der Waals surface area contributed by atoms with Crippen molar-refractivity contribution in [2.45, 2.75) is 39.9 Å². The number of aromatic nitrogens is 2. The highest BCUT2D eigenvalue weighted by atomic mass is 32.1. The Morgan fingerprint density at radius 3 is 2.86 bits per heavy atom. The number of ether oxygens (including phenoxy) is 1. The molecule has 1 aromatic heterocycles. The molecule has 0 amide bonds. The molecule has 0 aliphatic rings. The fourth-order valence-electron chi connectivity index (χ4n) is 0.853. The molecule has 0 atom stereocenters. The minimum absolute atomic E-state index is 0.242. The van der Waals surface area contributed by atoms with Crippen molar-refractivity contribution in [1.29, 1.82) is 0 Å². The molecule has 1 rings (SSSR count). The van der Waals surface area contributed by atoms with Crippen LogP contribution in [0.15, 0.2) is 0 Å². The van der Waals surface area contributed by atoms with Crippen LogP contribution in [0.25, 0.3) is 0 Å². The van der Waals surface area contributed by atoms with Crippen LogP contribution in [0.1, 0.15) is 32.2 Å². The average Bonchev–Trinajstić information content (AvgIpc) is 2.59. The lowest BCUT2D eigenvalue weighted by molar-refractivity contribution is 0.0652. The normalized spacial score (nSPS) is 10.9. The molecule has 0 fully saturated rings. The largest absolute Gasteiger partial charge is 0.372 e. The van der Waals surface area contributed by atoms with Gasteiger partial charge in [0.1, 0.15) is 11.6 Å². The molecule has 0 aliphatic carbocycles. The smallest absolute Gasteiger partial charge is 0.205 e. The first-order chi connectivity index (χ1) is 6.72. The molecule has 1 aromatic rings.